The molecule has 0 aliphatic rings. The smallest absolute Gasteiger partial charge is 0.360 e. The van der Waals surface area contributed by atoms with Crippen molar-refractivity contribution in [2.24, 2.45) is 0 Å². The number of rotatable bonds is 3. The lowest BCUT2D eigenvalue weighted by Gasteiger charge is -2.12. The fraction of sp³-hybridized carbons (Fsp3) is 0.267. The summed E-state index contributed by atoms with van der Waals surface area (Å²) in [6.07, 6.45) is 1.45. The predicted molar refractivity (Wildman–Crippen MR) is 75.6 cm³/mol. The number of aromatic carboxylic acids is 1. The Morgan fingerprint density at radius 2 is 2.00 bits per heavy atom. The van der Waals surface area contributed by atoms with Crippen LogP contribution in [0.1, 0.15) is 41.4 Å². The number of hydrogen-bond acceptors (Lipinski definition) is 3. The molecule has 0 atom stereocenters. The van der Waals surface area contributed by atoms with Crippen molar-refractivity contribution in [3.8, 4) is 5.69 Å². The normalized spacial score (nSPS) is 10.9. The molecule has 0 bridgehead atoms. The van der Waals surface area contributed by atoms with Crippen LogP contribution in [0.2, 0.25) is 0 Å². The van der Waals surface area contributed by atoms with E-state index in [0.29, 0.717) is 16.8 Å². The van der Waals surface area contributed by atoms with Crippen molar-refractivity contribution < 1.29 is 14.3 Å². The summed E-state index contributed by atoms with van der Waals surface area (Å²) in [5.41, 5.74) is 0.194. The van der Waals surface area contributed by atoms with Crippen molar-refractivity contribution in [3.05, 3.63) is 57.3 Å². The number of aromatic nitrogens is 2. The Labute approximate surface area is 120 Å². The molecule has 1 heterocycles. The highest BCUT2D eigenvalue weighted by Gasteiger charge is 2.18. The first-order chi connectivity index (χ1) is 9.79. The minimum Gasteiger partial charge on any atom is -0.476 e. The van der Waals surface area contributed by atoms with E-state index in [0.717, 1.165) is 0 Å². The third-order valence-corrected chi connectivity index (χ3v) is 3.06. The summed E-state index contributed by atoms with van der Waals surface area (Å²) in [5, 5.41) is 12.9. The molecule has 1 N–H and O–H groups in total. The predicted octanol–water partition coefficient (Wildman–Crippen LogP) is 2.50. The molecule has 0 unspecified atom stereocenters. The fourth-order valence-corrected chi connectivity index (χ4v) is 2.04. The lowest BCUT2D eigenvalue weighted by atomic mass is 10.0. The number of halogens is 1. The zero-order chi connectivity index (χ0) is 15.7. The van der Waals surface area contributed by atoms with Crippen molar-refractivity contribution in [1.82, 2.24) is 9.78 Å². The molecule has 0 spiro atoms. The molecule has 0 saturated carbocycles. The van der Waals surface area contributed by atoms with E-state index < -0.39 is 22.9 Å². The number of carbonyl (C=O) groups is 1. The first-order valence-electron chi connectivity index (χ1n) is 6.44. The first-order valence-corrected chi connectivity index (χ1v) is 6.44. The van der Waals surface area contributed by atoms with Gasteiger partial charge >= 0.3 is 5.97 Å². The van der Waals surface area contributed by atoms with Crippen LogP contribution in [0.4, 0.5) is 4.39 Å². The summed E-state index contributed by atoms with van der Waals surface area (Å²) >= 11 is 0. The molecule has 2 rings (SSSR count). The van der Waals surface area contributed by atoms with Crippen LogP contribution in [0.15, 0.2) is 29.2 Å². The van der Waals surface area contributed by atoms with Crippen LogP contribution < -0.4 is 5.43 Å². The van der Waals surface area contributed by atoms with Gasteiger partial charge in [-0.1, -0.05) is 13.8 Å². The number of hydrogen-bond donors (Lipinski definition) is 1. The van der Waals surface area contributed by atoms with Gasteiger partial charge in [0.25, 0.3) is 0 Å². The monoisotopic (exact) mass is 290 g/mol. The van der Waals surface area contributed by atoms with E-state index in [-0.39, 0.29) is 5.92 Å². The summed E-state index contributed by atoms with van der Waals surface area (Å²) in [6.45, 7) is 5.28. The van der Waals surface area contributed by atoms with Crippen LogP contribution in [-0.4, -0.2) is 20.9 Å². The second-order valence-electron chi connectivity index (χ2n) is 5.15. The van der Waals surface area contributed by atoms with Crippen molar-refractivity contribution >= 4 is 5.97 Å². The molecule has 6 heteroatoms. The molecular weight excluding hydrogens is 275 g/mol. The van der Waals surface area contributed by atoms with Crippen LogP contribution in [0, 0.1) is 12.7 Å². The summed E-state index contributed by atoms with van der Waals surface area (Å²) in [7, 11) is 0. The first kappa shape index (κ1) is 14.9. The van der Waals surface area contributed by atoms with Gasteiger partial charge in [-0.25, -0.2) is 13.9 Å². The van der Waals surface area contributed by atoms with Crippen LogP contribution in [0.25, 0.3) is 5.69 Å². The highest BCUT2D eigenvalue weighted by molar-refractivity contribution is 5.85. The van der Waals surface area contributed by atoms with E-state index in [9.17, 15) is 14.0 Å². The topological polar surface area (TPSA) is 72.2 Å². The second kappa shape index (κ2) is 5.47. The lowest BCUT2D eigenvalue weighted by Crippen LogP contribution is -2.25. The maximum absolute atomic E-state index is 13.5. The minimum absolute atomic E-state index is 0.167. The van der Waals surface area contributed by atoms with Gasteiger partial charge in [0.2, 0.25) is 11.1 Å². The molecule has 0 aliphatic carbocycles. The van der Waals surface area contributed by atoms with Crippen LogP contribution in [0.5, 0.6) is 0 Å². The SMILES string of the molecule is Cc1cc(F)cc(-n2cc(C(C)C)c(=O)c(C(=O)O)n2)c1. The molecule has 0 radical (unpaired) electrons. The summed E-state index contributed by atoms with van der Waals surface area (Å²) < 4.78 is 14.7. The van der Waals surface area contributed by atoms with Crippen molar-refractivity contribution in [2.75, 3.05) is 0 Å². The molecule has 0 aliphatic heterocycles. The molecule has 5 nitrogen and oxygen atoms in total. The molecular formula is C15H15FN2O3. The van der Waals surface area contributed by atoms with Crippen LogP contribution in [0.3, 0.4) is 0 Å². The van der Waals surface area contributed by atoms with E-state index in [1.54, 1.807) is 26.8 Å². The molecule has 21 heavy (non-hydrogen) atoms. The van der Waals surface area contributed by atoms with Gasteiger partial charge in [-0.3, -0.25) is 4.79 Å². The van der Waals surface area contributed by atoms with E-state index in [2.05, 4.69) is 5.10 Å². The molecule has 110 valence electrons. The van der Waals surface area contributed by atoms with Crippen LogP contribution in [-0.2, 0) is 0 Å². The largest absolute Gasteiger partial charge is 0.476 e. The van der Waals surface area contributed by atoms with Gasteiger partial charge in [0.15, 0.2) is 0 Å². The number of carboxylic acids is 1. The Balaban J connectivity index is 2.74. The highest BCUT2D eigenvalue weighted by Crippen LogP contribution is 2.15. The van der Waals surface area contributed by atoms with E-state index in [4.69, 9.17) is 5.11 Å². The Hall–Kier alpha value is -2.50. The lowest BCUT2D eigenvalue weighted by molar-refractivity contribution is 0.0686. The van der Waals surface area contributed by atoms with Gasteiger partial charge in [0, 0.05) is 11.8 Å². The third kappa shape index (κ3) is 2.99. The molecule has 2 aromatic rings. The number of benzene rings is 1. The van der Waals surface area contributed by atoms with E-state index in [1.165, 1.54) is 23.0 Å². The number of aryl methyl sites for hydroxylation is 1. The Morgan fingerprint density at radius 3 is 2.52 bits per heavy atom. The van der Waals surface area contributed by atoms with Crippen LogP contribution >= 0.6 is 0 Å². The fourth-order valence-electron chi connectivity index (χ4n) is 2.04. The molecule has 1 aromatic carbocycles. The average Bonchev–Trinajstić information content (AvgIpc) is 2.36. The molecule has 1 aromatic heterocycles. The Kier molecular flexibility index (Phi) is 3.88. The standard InChI is InChI=1S/C15H15FN2O3/c1-8(2)12-7-18(17-13(14(12)19)15(20)21)11-5-9(3)4-10(16)6-11/h4-8H,1-3H3,(H,20,21). The van der Waals surface area contributed by atoms with Crippen molar-refractivity contribution in [2.45, 2.75) is 26.7 Å². The zero-order valence-electron chi connectivity index (χ0n) is 11.9. The molecule has 0 amide bonds. The highest BCUT2D eigenvalue weighted by atomic mass is 19.1. The van der Waals surface area contributed by atoms with Gasteiger partial charge in [-0.15, -0.1) is 0 Å². The van der Waals surface area contributed by atoms with Crippen molar-refractivity contribution in [1.29, 1.82) is 0 Å². The van der Waals surface area contributed by atoms with E-state index in [1.807, 2.05) is 0 Å². The van der Waals surface area contributed by atoms with Crippen molar-refractivity contribution in [3.63, 3.8) is 0 Å². The quantitative estimate of drug-likeness (QED) is 0.942. The average molecular weight is 290 g/mol. The Bertz CT molecular complexity index is 746. The second-order valence-corrected chi connectivity index (χ2v) is 5.15. The number of carboxylic acid groups (broad SMARTS) is 1. The Morgan fingerprint density at radius 1 is 1.33 bits per heavy atom. The van der Waals surface area contributed by atoms with Gasteiger partial charge in [0.1, 0.15) is 5.82 Å². The summed E-state index contributed by atoms with van der Waals surface area (Å²) in [6, 6.07) is 4.25. The van der Waals surface area contributed by atoms with E-state index >= 15 is 0 Å². The third-order valence-electron chi connectivity index (χ3n) is 3.06. The summed E-state index contributed by atoms with van der Waals surface area (Å²) in [4.78, 5) is 23.2. The zero-order valence-corrected chi connectivity index (χ0v) is 11.9. The molecule has 0 fully saturated rings. The molecule has 0 saturated heterocycles. The van der Waals surface area contributed by atoms with Gasteiger partial charge in [-0.2, -0.15) is 5.10 Å². The summed E-state index contributed by atoms with van der Waals surface area (Å²) in [5.74, 6) is -2.02. The maximum Gasteiger partial charge on any atom is 0.360 e. The van der Waals surface area contributed by atoms with Gasteiger partial charge in [-0.05, 0) is 36.6 Å². The number of nitrogens with zero attached hydrogens (tertiary/aromatic N) is 2. The minimum atomic E-state index is -1.40. The maximum atomic E-state index is 13.5. The van der Waals surface area contributed by atoms with Gasteiger partial charge < -0.3 is 5.11 Å². The van der Waals surface area contributed by atoms with Gasteiger partial charge in [0.05, 0.1) is 5.69 Å².